The van der Waals surface area contributed by atoms with E-state index in [1.165, 1.54) is 11.8 Å². The SMILES string of the molecule is CCOc1ccc2nc(C)cc(SCCC(=O)[O-])c2c1.[Na+]. The van der Waals surface area contributed by atoms with Crippen molar-refractivity contribution in [2.75, 3.05) is 12.4 Å². The molecule has 106 valence electrons. The number of carboxylic acid groups (broad SMARTS) is 1. The molecule has 6 heteroatoms. The minimum atomic E-state index is -1.03. The van der Waals surface area contributed by atoms with Gasteiger partial charge in [0.15, 0.2) is 0 Å². The Balaban J connectivity index is 0.00000220. The summed E-state index contributed by atoms with van der Waals surface area (Å²) >= 11 is 1.50. The van der Waals surface area contributed by atoms with Crippen molar-refractivity contribution in [3.05, 3.63) is 30.0 Å². The summed E-state index contributed by atoms with van der Waals surface area (Å²) in [6, 6.07) is 7.74. The molecule has 0 N–H and O–H groups in total. The van der Waals surface area contributed by atoms with Crippen molar-refractivity contribution in [3.8, 4) is 5.75 Å². The first-order chi connectivity index (χ1) is 9.60. The van der Waals surface area contributed by atoms with E-state index in [0.717, 1.165) is 27.2 Å². The number of benzene rings is 1. The van der Waals surface area contributed by atoms with E-state index in [9.17, 15) is 9.90 Å². The van der Waals surface area contributed by atoms with Crippen molar-refractivity contribution in [2.24, 2.45) is 0 Å². The Kier molecular flexibility index (Phi) is 7.52. The first kappa shape index (κ1) is 18.3. The molecule has 1 aromatic carbocycles. The van der Waals surface area contributed by atoms with Crippen LogP contribution in [0.15, 0.2) is 29.2 Å². The summed E-state index contributed by atoms with van der Waals surface area (Å²) in [4.78, 5) is 16.0. The van der Waals surface area contributed by atoms with Gasteiger partial charge in [0.1, 0.15) is 5.75 Å². The van der Waals surface area contributed by atoms with E-state index in [1.54, 1.807) is 0 Å². The number of thioether (sulfide) groups is 1. The molecule has 4 nitrogen and oxygen atoms in total. The molecule has 0 spiro atoms. The Morgan fingerprint density at radius 1 is 1.38 bits per heavy atom. The molecule has 2 aromatic rings. The molecule has 0 aliphatic rings. The predicted octanol–water partition coefficient (Wildman–Crippen LogP) is -0.822. The molecule has 0 radical (unpaired) electrons. The van der Waals surface area contributed by atoms with Gasteiger partial charge in [-0.2, -0.15) is 0 Å². The maximum Gasteiger partial charge on any atom is 1.00 e. The van der Waals surface area contributed by atoms with E-state index in [2.05, 4.69) is 4.98 Å². The quantitative estimate of drug-likeness (QED) is 0.515. The van der Waals surface area contributed by atoms with Gasteiger partial charge in [0.05, 0.1) is 12.1 Å². The number of nitrogens with zero attached hydrogens (tertiary/aromatic N) is 1. The van der Waals surface area contributed by atoms with Gasteiger partial charge in [-0.3, -0.25) is 4.98 Å². The van der Waals surface area contributed by atoms with Crippen LogP contribution in [0.5, 0.6) is 5.75 Å². The normalized spacial score (nSPS) is 10.2. The third-order valence-electron chi connectivity index (χ3n) is 2.75. The number of aliphatic carboxylic acids is 1. The topological polar surface area (TPSA) is 62.2 Å². The fraction of sp³-hybridized carbons (Fsp3) is 0.333. The molecular weight excluding hydrogens is 297 g/mol. The van der Waals surface area contributed by atoms with Gasteiger partial charge in [-0.1, -0.05) is 0 Å². The average Bonchev–Trinajstić information content (AvgIpc) is 2.39. The second-order valence-corrected chi connectivity index (χ2v) is 5.48. The van der Waals surface area contributed by atoms with Crippen LogP contribution in [0.1, 0.15) is 19.0 Å². The Morgan fingerprint density at radius 3 is 2.81 bits per heavy atom. The summed E-state index contributed by atoms with van der Waals surface area (Å²) < 4.78 is 5.50. The first-order valence-corrected chi connectivity index (χ1v) is 7.45. The van der Waals surface area contributed by atoms with Gasteiger partial charge in [0, 0.05) is 27.7 Å². The van der Waals surface area contributed by atoms with E-state index in [4.69, 9.17) is 4.74 Å². The molecule has 1 aromatic heterocycles. The van der Waals surface area contributed by atoms with Crippen LogP contribution in [0.4, 0.5) is 0 Å². The number of hydrogen-bond donors (Lipinski definition) is 0. The van der Waals surface area contributed by atoms with Crippen LogP contribution in [-0.2, 0) is 4.79 Å². The number of carbonyl (C=O) groups excluding carboxylic acids is 1. The summed E-state index contributed by atoms with van der Waals surface area (Å²) in [5, 5.41) is 11.5. The standard InChI is InChI=1S/C15H17NO3S.Na/c1-3-19-11-4-5-13-12(9-11)14(8-10(2)16-13)20-7-6-15(17)18;/h4-5,8-9H,3,6-7H2,1-2H3,(H,17,18);/q;+1/p-1. The van der Waals surface area contributed by atoms with E-state index < -0.39 is 5.97 Å². The van der Waals surface area contributed by atoms with Crippen molar-refractivity contribution in [2.45, 2.75) is 25.2 Å². The Hall–Kier alpha value is -0.750. The average molecular weight is 313 g/mol. The zero-order valence-electron chi connectivity index (χ0n) is 12.5. The van der Waals surface area contributed by atoms with E-state index in [-0.39, 0.29) is 36.0 Å². The van der Waals surface area contributed by atoms with Crippen molar-refractivity contribution in [1.82, 2.24) is 4.98 Å². The Labute approximate surface area is 150 Å². The molecule has 21 heavy (non-hydrogen) atoms. The van der Waals surface area contributed by atoms with E-state index >= 15 is 0 Å². The largest absolute Gasteiger partial charge is 1.00 e. The van der Waals surface area contributed by atoms with Crippen LogP contribution in [0.2, 0.25) is 0 Å². The second kappa shape index (κ2) is 8.63. The maximum atomic E-state index is 10.5. The number of fused-ring (bicyclic) bond motifs is 1. The summed E-state index contributed by atoms with van der Waals surface area (Å²) in [6.45, 7) is 4.48. The van der Waals surface area contributed by atoms with Crippen molar-refractivity contribution in [3.63, 3.8) is 0 Å². The number of carboxylic acids is 1. The number of pyridine rings is 1. The third-order valence-corrected chi connectivity index (χ3v) is 3.80. The molecule has 0 fully saturated rings. The minimum absolute atomic E-state index is 0. The van der Waals surface area contributed by atoms with Crippen LogP contribution in [-0.4, -0.2) is 23.3 Å². The number of carbonyl (C=O) groups is 1. The minimum Gasteiger partial charge on any atom is -0.550 e. The summed E-state index contributed by atoms with van der Waals surface area (Å²) in [7, 11) is 0. The molecule has 0 atom stereocenters. The molecule has 0 saturated carbocycles. The molecule has 0 aliphatic carbocycles. The second-order valence-electron chi connectivity index (χ2n) is 4.34. The number of aromatic nitrogens is 1. The molecule has 0 aliphatic heterocycles. The molecule has 0 bridgehead atoms. The van der Waals surface area contributed by atoms with Crippen molar-refractivity contribution < 1.29 is 44.2 Å². The van der Waals surface area contributed by atoms with Crippen molar-refractivity contribution >= 4 is 28.6 Å². The smallest absolute Gasteiger partial charge is 0.550 e. The fourth-order valence-electron chi connectivity index (χ4n) is 1.92. The maximum absolute atomic E-state index is 10.5. The number of rotatable bonds is 6. The van der Waals surface area contributed by atoms with Gasteiger partial charge in [-0.25, -0.2) is 0 Å². The van der Waals surface area contributed by atoms with Gasteiger partial charge < -0.3 is 14.6 Å². The van der Waals surface area contributed by atoms with Crippen LogP contribution in [0, 0.1) is 6.92 Å². The molecule has 0 unspecified atom stereocenters. The fourth-order valence-corrected chi connectivity index (χ4v) is 2.98. The number of hydrogen-bond acceptors (Lipinski definition) is 5. The van der Waals surface area contributed by atoms with Gasteiger partial charge in [0.25, 0.3) is 0 Å². The van der Waals surface area contributed by atoms with Crippen LogP contribution in [0.3, 0.4) is 0 Å². The number of ether oxygens (including phenoxy) is 1. The number of aryl methyl sites for hydroxylation is 1. The van der Waals surface area contributed by atoms with Crippen molar-refractivity contribution in [1.29, 1.82) is 0 Å². The van der Waals surface area contributed by atoms with Crippen LogP contribution < -0.4 is 39.4 Å². The zero-order chi connectivity index (χ0) is 14.5. The third kappa shape index (κ3) is 5.18. The van der Waals surface area contributed by atoms with Crippen LogP contribution >= 0.6 is 11.8 Å². The molecule has 2 rings (SSSR count). The van der Waals surface area contributed by atoms with E-state index in [0.29, 0.717) is 12.4 Å². The molecule has 0 saturated heterocycles. The predicted molar refractivity (Wildman–Crippen MR) is 78.0 cm³/mol. The summed E-state index contributed by atoms with van der Waals surface area (Å²) in [6.07, 6.45) is 0.0404. The molecular formula is C15H16NNaO3S. The van der Waals surface area contributed by atoms with E-state index in [1.807, 2.05) is 38.1 Å². The van der Waals surface area contributed by atoms with Crippen LogP contribution in [0.25, 0.3) is 10.9 Å². The zero-order valence-corrected chi connectivity index (χ0v) is 15.3. The first-order valence-electron chi connectivity index (χ1n) is 6.47. The Bertz CT molecular complexity index is 634. The van der Waals surface area contributed by atoms with Gasteiger partial charge in [-0.05, 0) is 44.5 Å². The summed E-state index contributed by atoms with van der Waals surface area (Å²) in [5.74, 6) is 0.259. The summed E-state index contributed by atoms with van der Waals surface area (Å²) in [5.41, 5.74) is 1.81. The Morgan fingerprint density at radius 2 is 2.14 bits per heavy atom. The van der Waals surface area contributed by atoms with Gasteiger partial charge in [-0.15, -0.1) is 11.8 Å². The monoisotopic (exact) mass is 313 g/mol. The van der Waals surface area contributed by atoms with Gasteiger partial charge >= 0.3 is 29.6 Å². The molecule has 0 amide bonds. The van der Waals surface area contributed by atoms with Gasteiger partial charge in [0.2, 0.25) is 0 Å². The molecule has 1 heterocycles.